The van der Waals surface area contributed by atoms with Crippen molar-refractivity contribution in [1.29, 1.82) is 0 Å². The highest BCUT2D eigenvalue weighted by Crippen LogP contribution is 2.42. The minimum Gasteiger partial charge on any atom is -0.497 e. The fraction of sp³-hybridized carbons (Fsp3) is 0.227. The number of nitrogens with one attached hydrogen (secondary N) is 2. The first kappa shape index (κ1) is 20.3. The van der Waals surface area contributed by atoms with E-state index in [2.05, 4.69) is 27.3 Å². The SMILES string of the molecule is C=C1Nc2ncnn2C(c2ccc(OC)cc2OC)C1C(=O)Nc1ccc(OC)cc1. The van der Waals surface area contributed by atoms with Crippen LogP contribution in [0.15, 0.2) is 61.1 Å². The second-order valence-electron chi connectivity index (χ2n) is 6.93. The van der Waals surface area contributed by atoms with Crippen molar-refractivity contribution in [2.24, 2.45) is 5.92 Å². The van der Waals surface area contributed by atoms with Crippen LogP contribution in [0, 0.1) is 5.92 Å². The van der Waals surface area contributed by atoms with Gasteiger partial charge >= 0.3 is 0 Å². The van der Waals surface area contributed by atoms with Crippen molar-refractivity contribution in [2.75, 3.05) is 32.0 Å². The molecule has 9 heteroatoms. The maximum atomic E-state index is 13.4. The van der Waals surface area contributed by atoms with E-state index in [-0.39, 0.29) is 5.91 Å². The molecule has 1 aliphatic rings. The molecule has 0 radical (unpaired) electrons. The van der Waals surface area contributed by atoms with Crippen LogP contribution in [0.25, 0.3) is 0 Å². The number of ether oxygens (including phenoxy) is 3. The van der Waals surface area contributed by atoms with E-state index in [4.69, 9.17) is 14.2 Å². The summed E-state index contributed by atoms with van der Waals surface area (Å²) in [5, 5.41) is 10.4. The van der Waals surface area contributed by atoms with Crippen molar-refractivity contribution in [3.63, 3.8) is 0 Å². The average molecular weight is 421 g/mol. The molecule has 4 rings (SSSR count). The van der Waals surface area contributed by atoms with E-state index in [0.29, 0.717) is 34.6 Å². The van der Waals surface area contributed by atoms with E-state index in [0.717, 1.165) is 5.56 Å². The van der Waals surface area contributed by atoms with Crippen LogP contribution >= 0.6 is 0 Å². The van der Waals surface area contributed by atoms with Gasteiger partial charge in [-0.1, -0.05) is 6.58 Å². The Morgan fingerprint density at radius 3 is 2.45 bits per heavy atom. The van der Waals surface area contributed by atoms with Crippen LogP contribution in [0.5, 0.6) is 17.2 Å². The summed E-state index contributed by atoms with van der Waals surface area (Å²) in [7, 11) is 4.75. The maximum absolute atomic E-state index is 13.4. The fourth-order valence-corrected chi connectivity index (χ4v) is 3.67. The van der Waals surface area contributed by atoms with Crippen LogP contribution in [0.2, 0.25) is 0 Å². The van der Waals surface area contributed by atoms with Crippen molar-refractivity contribution in [2.45, 2.75) is 6.04 Å². The summed E-state index contributed by atoms with van der Waals surface area (Å²) in [6, 6.07) is 12.0. The van der Waals surface area contributed by atoms with Gasteiger partial charge < -0.3 is 24.8 Å². The first-order valence-electron chi connectivity index (χ1n) is 9.58. The molecule has 1 amide bonds. The Labute approximate surface area is 179 Å². The number of aromatic nitrogens is 3. The predicted molar refractivity (Wildman–Crippen MR) is 116 cm³/mol. The quantitative estimate of drug-likeness (QED) is 0.631. The monoisotopic (exact) mass is 421 g/mol. The van der Waals surface area contributed by atoms with Gasteiger partial charge in [0.25, 0.3) is 0 Å². The highest BCUT2D eigenvalue weighted by atomic mass is 16.5. The summed E-state index contributed by atoms with van der Waals surface area (Å²) < 4.78 is 17.8. The number of anilines is 2. The third-order valence-electron chi connectivity index (χ3n) is 5.20. The number of hydrogen-bond donors (Lipinski definition) is 2. The molecule has 31 heavy (non-hydrogen) atoms. The summed E-state index contributed by atoms with van der Waals surface area (Å²) in [5.74, 6) is 1.50. The Hall–Kier alpha value is -4.01. The van der Waals surface area contributed by atoms with Gasteiger partial charge in [0.15, 0.2) is 0 Å². The summed E-state index contributed by atoms with van der Waals surface area (Å²) in [6.45, 7) is 4.09. The Morgan fingerprint density at radius 2 is 1.77 bits per heavy atom. The third kappa shape index (κ3) is 3.77. The zero-order chi connectivity index (χ0) is 22.0. The maximum Gasteiger partial charge on any atom is 0.235 e. The molecular formula is C22H23N5O4. The number of nitrogens with zero attached hydrogens (tertiary/aromatic N) is 3. The third-order valence-corrected chi connectivity index (χ3v) is 5.20. The van der Waals surface area contributed by atoms with E-state index in [9.17, 15) is 4.79 Å². The molecule has 9 nitrogen and oxygen atoms in total. The Bertz CT molecular complexity index is 1110. The van der Waals surface area contributed by atoms with E-state index in [1.54, 1.807) is 56.3 Å². The van der Waals surface area contributed by atoms with Crippen molar-refractivity contribution in [3.8, 4) is 17.2 Å². The number of amides is 1. The zero-order valence-electron chi connectivity index (χ0n) is 17.5. The van der Waals surface area contributed by atoms with Crippen molar-refractivity contribution in [1.82, 2.24) is 14.8 Å². The van der Waals surface area contributed by atoms with E-state index < -0.39 is 12.0 Å². The first-order valence-corrected chi connectivity index (χ1v) is 9.58. The van der Waals surface area contributed by atoms with Crippen molar-refractivity contribution in [3.05, 3.63) is 66.6 Å². The van der Waals surface area contributed by atoms with E-state index in [1.807, 2.05) is 12.1 Å². The molecular weight excluding hydrogens is 398 g/mol. The molecule has 1 aliphatic heterocycles. The van der Waals surface area contributed by atoms with Crippen LogP contribution < -0.4 is 24.8 Å². The van der Waals surface area contributed by atoms with Gasteiger partial charge in [-0.25, -0.2) is 4.68 Å². The number of methoxy groups -OCH3 is 3. The lowest BCUT2D eigenvalue weighted by Gasteiger charge is -2.34. The van der Waals surface area contributed by atoms with Crippen LogP contribution in [-0.2, 0) is 4.79 Å². The minimum atomic E-state index is -0.682. The van der Waals surface area contributed by atoms with Crippen molar-refractivity contribution >= 4 is 17.5 Å². The minimum absolute atomic E-state index is 0.244. The molecule has 2 unspecified atom stereocenters. The van der Waals surface area contributed by atoms with E-state index >= 15 is 0 Å². The second-order valence-corrected chi connectivity index (χ2v) is 6.93. The summed E-state index contributed by atoms with van der Waals surface area (Å²) >= 11 is 0. The second kappa shape index (κ2) is 8.39. The number of carbonyl (C=O) groups excluding carboxylic acids is 1. The molecule has 1 aromatic heterocycles. The van der Waals surface area contributed by atoms with Gasteiger partial charge in [-0.05, 0) is 36.4 Å². The van der Waals surface area contributed by atoms with Gasteiger partial charge in [-0.2, -0.15) is 10.1 Å². The number of hydrogen-bond acceptors (Lipinski definition) is 7. The molecule has 160 valence electrons. The zero-order valence-corrected chi connectivity index (χ0v) is 17.5. The molecule has 0 bridgehead atoms. The van der Waals surface area contributed by atoms with Gasteiger partial charge in [-0.3, -0.25) is 4.79 Å². The highest BCUT2D eigenvalue weighted by Gasteiger charge is 2.41. The number of carbonyl (C=O) groups is 1. The van der Waals surface area contributed by atoms with Crippen molar-refractivity contribution < 1.29 is 19.0 Å². The lowest BCUT2D eigenvalue weighted by Crippen LogP contribution is -2.39. The summed E-state index contributed by atoms with van der Waals surface area (Å²) in [4.78, 5) is 17.6. The smallest absolute Gasteiger partial charge is 0.235 e. The lowest BCUT2D eigenvalue weighted by atomic mass is 9.87. The summed E-state index contributed by atoms with van der Waals surface area (Å²) in [6.07, 6.45) is 1.43. The Balaban J connectivity index is 1.74. The van der Waals surface area contributed by atoms with Gasteiger partial charge in [0.2, 0.25) is 11.9 Å². The average Bonchev–Trinajstić information content (AvgIpc) is 3.26. The lowest BCUT2D eigenvalue weighted by molar-refractivity contribution is -0.119. The fourth-order valence-electron chi connectivity index (χ4n) is 3.67. The van der Waals surface area contributed by atoms with Gasteiger partial charge in [0.1, 0.15) is 35.5 Å². The standard InChI is InChI=1S/C22H23N5O4/c1-13-19(21(28)26-14-5-7-15(29-2)8-6-14)20(27-22(25-13)23-12-24-27)17-10-9-16(30-3)11-18(17)31-4/h5-12,19-20H,1H2,2-4H3,(H,26,28)(H,23,24,25). The Kier molecular flexibility index (Phi) is 5.48. The molecule has 2 heterocycles. The molecule has 0 saturated heterocycles. The number of rotatable bonds is 6. The molecule has 0 aliphatic carbocycles. The molecule has 2 atom stereocenters. The molecule has 2 aromatic carbocycles. The number of benzene rings is 2. The first-order chi connectivity index (χ1) is 15.0. The molecule has 3 aromatic rings. The van der Waals surface area contributed by atoms with E-state index in [1.165, 1.54) is 6.33 Å². The largest absolute Gasteiger partial charge is 0.497 e. The van der Waals surface area contributed by atoms with Gasteiger partial charge in [0, 0.05) is 23.0 Å². The highest BCUT2D eigenvalue weighted by molar-refractivity contribution is 5.95. The Morgan fingerprint density at radius 1 is 1.06 bits per heavy atom. The molecule has 0 fully saturated rings. The summed E-state index contributed by atoms with van der Waals surface area (Å²) in [5.41, 5.74) is 1.91. The topological polar surface area (TPSA) is 99.5 Å². The van der Waals surface area contributed by atoms with Gasteiger partial charge in [-0.15, -0.1) is 0 Å². The predicted octanol–water partition coefficient (Wildman–Crippen LogP) is 3.09. The molecule has 0 spiro atoms. The molecule has 0 saturated carbocycles. The van der Waals surface area contributed by atoms with Crippen LogP contribution in [0.1, 0.15) is 11.6 Å². The number of fused-ring (bicyclic) bond motifs is 1. The van der Waals surface area contributed by atoms with Crippen LogP contribution in [0.4, 0.5) is 11.6 Å². The normalized spacial score (nSPS) is 17.3. The van der Waals surface area contributed by atoms with Crippen LogP contribution in [0.3, 0.4) is 0 Å². The molecule has 2 N–H and O–H groups in total. The van der Waals surface area contributed by atoms with Crippen LogP contribution in [-0.4, -0.2) is 42.0 Å². The van der Waals surface area contributed by atoms with Gasteiger partial charge in [0.05, 0.1) is 21.3 Å².